The predicted octanol–water partition coefficient (Wildman–Crippen LogP) is 1.65. The monoisotopic (exact) mass is 287 g/mol. The summed E-state index contributed by atoms with van der Waals surface area (Å²) >= 11 is 0. The van der Waals surface area contributed by atoms with E-state index in [0.717, 1.165) is 18.8 Å². The minimum atomic E-state index is 0.0329. The SMILES string of the molecule is CC1CN(CC(=O)N(CCC#N)c2ccccc2)CCO1. The summed E-state index contributed by atoms with van der Waals surface area (Å²) in [7, 11) is 0. The molecule has 1 saturated heterocycles. The molecule has 5 heteroatoms. The molecule has 1 heterocycles. The number of hydrogen-bond acceptors (Lipinski definition) is 4. The lowest BCUT2D eigenvalue weighted by molar-refractivity contribution is -0.121. The van der Waals surface area contributed by atoms with E-state index in [9.17, 15) is 4.79 Å². The van der Waals surface area contributed by atoms with Gasteiger partial charge in [0.15, 0.2) is 0 Å². The maximum absolute atomic E-state index is 12.6. The number of hydrogen-bond donors (Lipinski definition) is 0. The van der Waals surface area contributed by atoms with E-state index in [4.69, 9.17) is 10.00 Å². The highest BCUT2D eigenvalue weighted by atomic mass is 16.5. The Morgan fingerprint density at radius 3 is 2.90 bits per heavy atom. The Hall–Kier alpha value is -1.90. The first-order chi connectivity index (χ1) is 10.2. The van der Waals surface area contributed by atoms with Gasteiger partial charge in [0, 0.05) is 25.3 Å². The molecule has 2 rings (SSSR count). The van der Waals surface area contributed by atoms with Crippen molar-refractivity contribution >= 4 is 11.6 Å². The topological polar surface area (TPSA) is 56.6 Å². The van der Waals surface area contributed by atoms with Crippen LogP contribution < -0.4 is 4.90 Å². The fraction of sp³-hybridized carbons (Fsp3) is 0.500. The van der Waals surface area contributed by atoms with Crippen molar-refractivity contribution < 1.29 is 9.53 Å². The largest absolute Gasteiger partial charge is 0.376 e. The second-order valence-electron chi connectivity index (χ2n) is 5.21. The van der Waals surface area contributed by atoms with Crippen molar-refractivity contribution in [2.45, 2.75) is 19.4 Å². The third kappa shape index (κ3) is 4.55. The zero-order valence-corrected chi connectivity index (χ0v) is 12.4. The lowest BCUT2D eigenvalue weighted by atomic mass is 10.2. The van der Waals surface area contributed by atoms with E-state index in [1.54, 1.807) is 4.90 Å². The van der Waals surface area contributed by atoms with Crippen LogP contribution in [0, 0.1) is 11.3 Å². The molecule has 1 amide bonds. The molecule has 0 spiro atoms. The molecular weight excluding hydrogens is 266 g/mol. The van der Waals surface area contributed by atoms with Crippen LogP contribution in [0.5, 0.6) is 0 Å². The van der Waals surface area contributed by atoms with Gasteiger partial charge < -0.3 is 9.64 Å². The van der Waals surface area contributed by atoms with Crippen LogP contribution >= 0.6 is 0 Å². The van der Waals surface area contributed by atoms with Crippen molar-refractivity contribution in [3.63, 3.8) is 0 Å². The van der Waals surface area contributed by atoms with Gasteiger partial charge in [-0.3, -0.25) is 9.69 Å². The number of carbonyl (C=O) groups is 1. The van der Waals surface area contributed by atoms with Gasteiger partial charge in [-0.15, -0.1) is 0 Å². The van der Waals surface area contributed by atoms with Crippen molar-refractivity contribution in [3.05, 3.63) is 30.3 Å². The normalized spacial score (nSPS) is 19.0. The third-order valence-corrected chi connectivity index (χ3v) is 3.50. The van der Waals surface area contributed by atoms with E-state index in [1.165, 1.54) is 0 Å². The molecule has 1 unspecified atom stereocenters. The molecule has 0 aliphatic carbocycles. The first kappa shape index (κ1) is 15.5. The Balaban J connectivity index is 2.02. The summed E-state index contributed by atoms with van der Waals surface area (Å²) in [4.78, 5) is 16.4. The van der Waals surface area contributed by atoms with Crippen LogP contribution in [0.15, 0.2) is 30.3 Å². The molecule has 0 radical (unpaired) electrons. The quantitative estimate of drug-likeness (QED) is 0.826. The lowest BCUT2D eigenvalue weighted by Gasteiger charge is -2.32. The number of morpholine rings is 1. The summed E-state index contributed by atoms with van der Waals surface area (Å²) in [5.74, 6) is 0.0329. The summed E-state index contributed by atoms with van der Waals surface area (Å²) in [6, 6.07) is 11.6. The molecule has 0 bridgehead atoms. The molecule has 0 aromatic heterocycles. The molecule has 1 fully saturated rings. The zero-order valence-electron chi connectivity index (χ0n) is 12.4. The van der Waals surface area contributed by atoms with Crippen molar-refractivity contribution in [2.75, 3.05) is 37.7 Å². The van der Waals surface area contributed by atoms with Gasteiger partial charge in [-0.25, -0.2) is 0 Å². The Morgan fingerprint density at radius 2 is 2.24 bits per heavy atom. The molecule has 1 aromatic carbocycles. The van der Waals surface area contributed by atoms with Crippen LogP contribution in [0.25, 0.3) is 0 Å². The van der Waals surface area contributed by atoms with Gasteiger partial charge in [-0.2, -0.15) is 5.26 Å². The fourth-order valence-electron chi connectivity index (χ4n) is 2.48. The van der Waals surface area contributed by atoms with Gasteiger partial charge in [-0.05, 0) is 19.1 Å². The van der Waals surface area contributed by atoms with Gasteiger partial charge in [0.1, 0.15) is 0 Å². The average molecular weight is 287 g/mol. The molecule has 1 atom stereocenters. The Labute approximate surface area is 125 Å². The highest BCUT2D eigenvalue weighted by molar-refractivity contribution is 5.94. The number of amides is 1. The first-order valence-corrected chi connectivity index (χ1v) is 7.27. The van der Waals surface area contributed by atoms with Crippen molar-refractivity contribution in [3.8, 4) is 6.07 Å². The number of anilines is 1. The van der Waals surface area contributed by atoms with Gasteiger partial charge in [0.05, 0.1) is 31.7 Å². The minimum absolute atomic E-state index is 0.0329. The third-order valence-electron chi connectivity index (χ3n) is 3.50. The molecule has 1 aromatic rings. The number of para-hydroxylation sites is 1. The summed E-state index contributed by atoms with van der Waals surface area (Å²) in [6.07, 6.45) is 0.496. The van der Waals surface area contributed by atoms with E-state index in [-0.39, 0.29) is 12.0 Å². The Bertz CT molecular complexity index is 498. The second kappa shape index (κ2) is 7.77. The molecule has 1 aliphatic heterocycles. The first-order valence-electron chi connectivity index (χ1n) is 7.27. The highest BCUT2D eigenvalue weighted by Crippen LogP contribution is 2.15. The molecule has 21 heavy (non-hydrogen) atoms. The molecule has 0 saturated carbocycles. The van der Waals surface area contributed by atoms with E-state index in [0.29, 0.717) is 26.1 Å². The van der Waals surface area contributed by atoms with Gasteiger partial charge >= 0.3 is 0 Å². The van der Waals surface area contributed by atoms with Crippen LogP contribution in [0.1, 0.15) is 13.3 Å². The van der Waals surface area contributed by atoms with Crippen LogP contribution in [0.2, 0.25) is 0 Å². The van der Waals surface area contributed by atoms with E-state index >= 15 is 0 Å². The van der Waals surface area contributed by atoms with Crippen molar-refractivity contribution in [2.24, 2.45) is 0 Å². The summed E-state index contributed by atoms with van der Waals surface area (Å²) in [6.45, 7) is 5.02. The molecular formula is C16H21N3O2. The van der Waals surface area contributed by atoms with Crippen LogP contribution in [0.4, 0.5) is 5.69 Å². The van der Waals surface area contributed by atoms with Crippen LogP contribution in [-0.4, -0.2) is 49.7 Å². The van der Waals surface area contributed by atoms with Gasteiger partial charge in [-0.1, -0.05) is 18.2 Å². The maximum atomic E-state index is 12.6. The minimum Gasteiger partial charge on any atom is -0.376 e. The van der Waals surface area contributed by atoms with E-state index < -0.39 is 0 Å². The van der Waals surface area contributed by atoms with E-state index in [2.05, 4.69) is 11.0 Å². The summed E-state index contributed by atoms with van der Waals surface area (Å²) in [5.41, 5.74) is 0.846. The standard InChI is InChI=1S/C16H21N3O2/c1-14-12-18(10-11-21-14)13-16(20)19(9-5-8-17)15-6-3-2-4-7-15/h2-4,6-7,14H,5,9-13H2,1H3. The smallest absolute Gasteiger partial charge is 0.241 e. The number of nitrogens with zero attached hydrogens (tertiary/aromatic N) is 3. The highest BCUT2D eigenvalue weighted by Gasteiger charge is 2.22. The number of nitriles is 1. The van der Waals surface area contributed by atoms with Crippen LogP contribution in [0.3, 0.4) is 0 Å². The number of rotatable bonds is 5. The van der Waals surface area contributed by atoms with Crippen molar-refractivity contribution in [1.82, 2.24) is 4.90 Å². The van der Waals surface area contributed by atoms with E-state index in [1.807, 2.05) is 37.3 Å². The number of carbonyl (C=O) groups excluding carboxylic acids is 1. The molecule has 0 N–H and O–H groups in total. The Morgan fingerprint density at radius 1 is 1.48 bits per heavy atom. The zero-order chi connectivity index (χ0) is 15.1. The summed E-state index contributed by atoms with van der Waals surface area (Å²) in [5, 5.41) is 8.79. The van der Waals surface area contributed by atoms with Crippen molar-refractivity contribution in [1.29, 1.82) is 5.26 Å². The maximum Gasteiger partial charge on any atom is 0.241 e. The lowest BCUT2D eigenvalue weighted by Crippen LogP contribution is -2.47. The number of benzene rings is 1. The predicted molar refractivity (Wildman–Crippen MR) is 80.9 cm³/mol. The molecule has 5 nitrogen and oxygen atoms in total. The average Bonchev–Trinajstić information content (AvgIpc) is 2.49. The van der Waals surface area contributed by atoms with Gasteiger partial charge in [0.2, 0.25) is 5.91 Å². The second-order valence-corrected chi connectivity index (χ2v) is 5.21. The van der Waals surface area contributed by atoms with Gasteiger partial charge in [0.25, 0.3) is 0 Å². The van der Waals surface area contributed by atoms with Crippen LogP contribution in [-0.2, 0) is 9.53 Å². The number of ether oxygens (including phenoxy) is 1. The summed E-state index contributed by atoms with van der Waals surface area (Å²) < 4.78 is 5.49. The molecule has 112 valence electrons. The fourth-order valence-corrected chi connectivity index (χ4v) is 2.48. The molecule has 1 aliphatic rings. The Kier molecular flexibility index (Phi) is 5.73.